The first-order valence-electron chi connectivity index (χ1n) is 4.08. The van der Waals surface area contributed by atoms with Crippen molar-refractivity contribution < 1.29 is 8.42 Å². The van der Waals surface area contributed by atoms with Crippen molar-refractivity contribution in [1.29, 1.82) is 0 Å². The van der Waals surface area contributed by atoms with Crippen LogP contribution in [0.4, 0.5) is 0 Å². The van der Waals surface area contributed by atoms with Crippen LogP contribution in [0.5, 0.6) is 0 Å². The van der Waals surface area contributed by atoms with Gasteiger partial charge in [0.1, 0.15) is 0 Å². The Morgan fingerprint density at radius 2 is 1.92 bits per heavy atom. The topological polar surface area (TPSA) is 84.2 Å². The second-order valence-corrected chi connectivity index (χ2v) is 5.44. The highest BCUT2D eigenvalue weighted by Gasteiger charge is 2.28. The summed E-state index contributed by atoms with van der Waals surface area (Å²) in [5.41, 5.74) is 7.33. The van der Waals surface area contributed by atoms with E-state index in [1.165, 1.54) is 0 Å². The van der Waals surface area contributed by atoms with Crippen LogP contribution in [0.2, 0.25) is 0 Å². The van der Waals surface area contributed by atoms with Crippen molar-refractivity contribution in [1.82, 2.24) is 10.3 Å². The van der Waals surface area contributed by atoms with Gasteiger partial charge in [-0.25, -0.2) is 8.42 Å². The summed E-state index contributed by atoms with van der Waals surface area (Å²) in [5, 5.41) is -0.365. The lowest BCUT2D eigenvalue weighted by Gasteiger charge is -2.12. The van der Waals surface area contributed by atoms with E-state index >= 15 is 0 Å². The van der Waals surface area contributed by atoms with Crippen molar-refractivity contribution in [3.05, 3.63) is 0 Å². The lowest BCUT2D eigenvalue weighted by atomic mass is 10.4. The van der Waals surface area contributed by atoms with Gasteiger partial charge in [-0.15, -0.1) is 4.83 Å². The first-order valence-corrected chi connectivity index (χ1v) is 6.04. The second kappa shape index (κ2) is 4.21. The number of nitrogens with one attached hydrogen (secondary N) is 2. The molecule has 0 saturated heterocycles. The fourth-order valence-corrected chi connectivity index (χ4v) is 2.89. The Kier molecular flexibility index (Phi) is 3.46. The largest absolute Gasteiger partial charge is 0.375 e. The first kappa shape index (κ1) is 10.7. The minimum Gasteiger partial charge on any atom is -0.375 e. The molecule has 4 N–H and O–H groups in total. The van der Waals surface area contributed by atoms with E-state index in [1.54, 1.807) is 0 Å². The van der Waals surface area contributed by atoms with Crippen molar-refractivity contribution >= 4 is 27.4 Å². The van der Waals surface area contributed by atoms with Gasteiger partial charge in [-0.05, 0) is 25.1 Å². The van der Waals surface area contributed by atoms with Gasteiger partial charge in [0.25, 0.3) is 0 Å². The highest BCUT2D eigenvalue weighted by molar-refractivity contribution is 7.90. The second-order valence-electron chi connectivity index (χ2n) is 3.04. The molecule has 0 heterocycles. The van der Waals surface area contributed by atoms with Gasteiger partial charge in [0.15, 0.2) is 5.11 Å². The molecule has 0 aromatic heterocycles. The summed E-state index contributed by atoms with van der Waals surface area (Å²) < 4.78 is 22.9. The van der Waals surface area contributed by atoms with Gasteiger partial charge in [-0.2, -0.15) is 0 Å². The molecule has 0 radical (unpaired) electrons. The SMILES string of the molecule is NC(=S)NNS(=O)(=O)C1CCCC1. The predicted octanol–water partition coefficient (Wildman–Crippen LogP) is -0.403. The monoisotopic (exact) mass is 223 g/mol. The summed E-state index contributed by atoms with van der Waals surface area (Å²) in [6.07, 6.45) is 3.37. The average Bonchev–Trinajstić information content (AvgIpc) is 2.53. The van der Waals surface area contributed by atoms with Crippen LogP contribution in [0.25, 0.3) is 0 Å². The maximum atomic E-state index is 11.4. The van der Waals surface area contributed by atoms with Crippen molar-refractivity contribution in [2.45, 2.75) is 30.9 Å². The number of hydrogen-bond donors (Lipinski definition) is 3. The number of nitrogens with two attached hydrogens (primary N) is 1. The molecule has 0 atom stereocenters. The highest BCUT2D eigenvalue weighted by atomic mass is 32.2. The Morgan fingerprint density at radius 1 is 1.38 bits per heavy atom. The number of hydrogen-bond acceptors (Lipinski definition) is 3. The Labute approximate surface area is 83.1 Å². The third-order valence-corrected chi connectivity index (χ3v) is 3.90. The molecule has 5 nitrogen and oxygen atoms in total. The molecular formula is C6H13N3O2S2. The summed E-state index contributed by atoms with van der Waals surface area (Å²) in [5.74, 6) is 0. The lowest BCUT2D eigenvalue weighted by Crippen LogP contribution is -2.47. The molecule has 1 aliphatic rings. The number of hydrazine groups is 1. The molecule has 0 amide bonds. The van der Waals surface area contributed by atoms with E-state index in [0.717, 1.165) is 12.8 Å². The van der Waals surface area contributed by atoms with Crippen molar-refractivity contribution in [3.8, 4) is 0 Å². The maximum absolute atomic E-state index is 11.4. The molecule has 1 aliphatic carbocycles. The van der Waals surface area contributed by atoms with Gasteiger partial charge in [0, 0.05) is 0 Å². The van der Waals surface area contributed by atoms with Crippen LogP contribution < -0.4 is 16.0 Å². The molecule has 0 aliphatic heterocycles. The van der Waals surface area contributed by atoms with Gasteiger partial charge in [-0.1, -0.05) is 12.8 Å². The Morgan fingerprint density at radius 3 is 2.38 bits per heavy atom. The predicted molar refractivity (Wildman–Crippen MR) is 54.2 cm³/mol. The summed E-state index contributed by atoms with van der Waals surface area (Å²) >= 11 is 4.48. The van der Waals surface area contributed by atoms with Gasteiger partial charge in [-0.3, -0.25) is 5.43 Å². The molecule has 0 bridgehead atoms. The van der Waals surface area contributed by atoms with Crippen LogP contribution in [-0.4, -0.2) is 18.8 Å². The fraction of sp³-hybridized carbons (Fsp3) is 0.833. The van der Waals surface area contributed by atoms with Crippen LogP contribution in [0.1, 0.15) is 25.7 Å². The van der Waals surface area contributed by atoms with Crippen molar-refractivity contribution in [2.75, 3.05) is 0 Å². The quantitative estimate of drug-likeness (QED) is 0.448. The molecule has 1 rings (SSSR count). The normalized spacial score (nSPS) is 18.8. The minimum absolute atomic E-state index is 0.0680. The molecule has 7 heteroatoms. The molecule has 0 spiro atoms. The van der Waals surface area contributed by atoms with Gasteiger partial charge in [0.05, 0.1) is 5.25 Å². The number of thiocarbonyl (C=S) groups is 1. The Hall–Kier alpha value is -0.400. The van der Waals surface area contributed by atoms with Crippen LogP contribution >= 0.6 is 12.2 Å². The maximum Gasteiger partial charge on any atom is 0.231 e. The zero-order chi connectivity index (χ0) is 9.90. The van der Waals surface area contributed by atoms with E-state index in [4.69, 9.17) is 5.73 Å². The number of rotatable bonds is 3. The third kappa shape index (κ3) is 3.09. The molecule has 13 heavy (non-hydrogen) atoms. The van der Waals surface area contributed by atoms with E-state index in [0.29, 0.717) is 12.8 Å². The van der Waals surface area contributed by atoms with E-state index in [1.807, 2.05) is 0 Å². The summed E-state index contributed by atoms with van der Waals surface area (Å²) in [6, 6.07) is 0. The van der Waals surface area contributed by atoms with Gasteiger partial charge in [0.2, 0.25) is 10.0 Å². The van der Waals surface area contributed by atoms with E-state index in [9.17, 15) is 8.42 Å². The smallest absolute Gasteiger partial charge is 0.231 e. The van der Waals surface area contributed by atoms with E-state index in [-0.39, 0.29) is 10.4 Å². The van der Waals surface area contributed by atoms with Gasteiger partial charge < -0.3 is 5.73 Å². The average molecular weight is 223 g/mol. The molecule has 0 aromatic carbocycles. The zero-order valence-corrected chi connectivity index (χ0v) is 8.75. The fourth-order valence-electron chi connectivity index (χ4n) is 1.40. The molecule has 0 unspecified atom stereocenters. The molecule has 1 saturated carbocycles. The van der Waals surface area contributed by atoms with Gasteiger partial charge >= 0.3 is 0 Å². The van der Waals surface area contributed by atoms with Crippen LogP contribution in [0, 0.1) is 0 Å². The standard InChI is InChI=1S/C6H13N3O2S2/c7-6(12)8-9-13(10,11)5-3-1-2-4-5/h5,9H,1-4H2,(H3,7,8,12). The summed E-state index contributed by atoms with van der Waals surface area (Å²) in [7, 11) is -3.28. The summed E-state index contributed by atoms with van der Waals surface area (Å²) in [6.45, 7) is 0. The van der Waals surface area contributed by atoms with E-state index in [2.05, 4.69) is 22.5 Å². The summed E-state index contributed by atoms with van der Waals surface area (Å²) in [4.78, 5) is 2.16. The zero-order valence-electron chi connectivity index (χ0n) is 7.12. The third-order valence-electron chi connectivity index (χ3n) is 2.06. The van der Waals surface area contributed by atoms with Crippen LogP contribution in [0.3, 0.4) is 0 Å². The van der Waals surface area contributed by atoms with Crippen molar-refractivity contribution in [2.24, 2.45) is 5.73 Å². The number of sulfonamides is 1. The minimum atomic E-state index is -3.28. The van der Waals surface area contributed by atoms with Crippen LogP contribution in [0.15, 0.2) is 0 Å². The van der Waals surface area contributed by atoms with Crippen molar-refractivity contribution in [3.63, 3.8) is 0 Å². The van der Waals surface area contributed by atoms with Crippen LogP contribution in [-0.2, 0) is 10.0 Å². The Bertz CT molecular complexity index is 282. The molecule has 1 fully saturated rings. The lowest BCUT2D eigenvalue weighted by molar-refractivity contribution is 0.560. The Balaban J connectivity index is 2.50. The molecular weight excluding hydrogens is 210 g/mol. The molecule has 76 valence electrons. The first-order chi connectivity index (χ1) is 6.02. The highest BCUT2D eigenvalue weighted by Crippen LogP contribution is 2.23. The van der Waals surface area contributed by atoms with E-state index < -0.39 is 10.0 Å². The molecule has 0 aromatic rings.